The van der Waals surface area contributed by atoms with E-state index in [9.17, 15) is 0 Å². The largest absolute Gasteiger partial charge is 0.307 e. The monoisotopic (exact) mass is 217 g/mol. The number of hydrogen-bond donors (Lipinski definition) is 1. The van der Waals surface area contributed by atoms with E-state index in [0.717, 1.165) is 5.92 Å². The van der Waals surface area contributed by atoms with Crippen LogP contribution in [0.3, 0.4) is 0 Å². The van der Waals surface area contributed by atoms with E-state index in [1.54, 1.807) is 0 Å². The second-order valence-corrected chi connectivity index (χ2v) is 5.43. The molecule has 0 spiro atoms. The third-order valence-corrected chi connectivity index (χ3v) is 3.60. The summed E-state index contributed by atoms with van der Waals surface area (Å²) in [6, 6.07) is 12.0. The molecule has 2 atom stereocenters. The van der Waals surface area contributed by atoms with Crippen molar-refractivity contribution in [3.63, 3.8) is 0 Å². The van der Waals surface area contributed by atoms with Crippen LogP contribution in [0.5, 0.6) is 0 Å². The molecule has 2 unspecified atom stereocenters. The summed E-state index contributed by atoms with van der Waals surface area (Å²) in [5.74, 6) is 1.56. The summed E-state index contributed by atoms with van der Waals surface area (Å²) in [5, 5.41) is 3.79. The summed E-state index contributed by atoms with van der Waals surface area (Å²) in [4.78, 5) is 0. The number of nitrogens with one attached hydrogen (secondary N) is 1. The molecule has 88 valence electrons. The lowest BCUT2D eigenvalue weighted by molar-refractivity contribution is 0.351. The molecule has 1 aromatic rings. The molecule has 0 bridgehead atoms. The van der Waals surface area contributed by atoms with E-state index in [1.165, 1.54) is 18.4 Å². The highest BCUT2D eigenvalue weighted by molar-refractivity contribution is 5.19. The standard InChI is InChI=1S/C15H23N/c1-11(2)15(14-7-5-4-6-8-14)16-12(3)13-9-10-13/h4-8,11-13,15-16H,9-10H2,1-3H3. The fourth-order valence-electron chi connectivity index (χ4n) is 2.35. The maximum atomic E-state index is 3.79. The van der Waals surface area contributed by atoms with E-state index < -0.39 is 0 Å². The van der Waals surface area contributed by atoms with Crippen LogP contribution in [-0.2, 0) is 0 Å². The molecular weight excluding hydrogens is 194 g/mol. The number of rotatable bonds is 5. The van der Waals surface area contributed by atoms with Crippen molar-refractivity contribution in [1.82, 2.24) is 5.32 Å². The maximum Gasteiger partial charge on any atom is 0.0345 e. The summed E-state index contributed by atoms with van der Waals surface area (Å²) < 4.78 is 0. The molecule has 1 aromatic carbocycles. The van der Waals surface area contributed by atoms with Gasteiger partial charge < -0.3 is 5.32 Å². The van der Waals surface area contributed by atoms with E-state index >= 15 is 0 Å². The van der Waals surface area contributed by atoms with Crippen LogP contribution in [0.15, 0.2) is 30.3 Å². The van der Waals surface area contributed by atoms with E-state index in [2.05, 4.69) is 56.4 Å². The van der Waals surface area contributed by atoms with Gasteiger partial charge in [0.15, 0.2) is 0 Å². The van der Waals surface area contributed by atoms with Crippen molar-refractivity contribution in [2.75, 3.05) is 0 Å². The van der Waals surface area contributed by atoms with E-state index in [0.29, 0.717) is 18.0 Å². The lowest BCUT2D eigenvalue weighted by Gasteiger charge is -2.27. The normalized spacial score (nSPS) is 19.8. The van der Waals surface area contributed by atoms with Crippen LogP contribution in [0.25, 0.3) is 0 Å². The Hall–Kier alpha value is -0.820. The Bertz CT molecular complexity index is 313. The van der Waals surface area contributed by atoms with E-state index in [4.69, 9.17) is 0 Å². The summed E-state index contributed by atoms with van der Waals surface area (Å²) in [5.41, 5.74) is 1.42. The highest BCUT2D eigenvalue weighted by Crippen LogP contribution is 2.34. The molecule has 0 heterocycles. The summed E-state index contributed by atoms with van der Waals surface area (Å²) >= 11 is 0. The molecule has 1 N–H and O–H groups in total. The fraction of sp³-hybridized carbons (Fsp3) is 0.600. The zero-order valence-corrected chi connectivity index (χ0v) is 10.6. The van der Waals surface area contributed by atoms with Crippen LogP contribution in [0.4, 0.5) is 0 Å². The van der Waals surface area contributed by atoms with Crippen molar-refractivity contribution in [3.05, 3.63) is 35.9 Å². The molecule has 1 fully saturated rings. The van der Waals surface area contributed by atoms with Crippen LogP contribution in [-0.4, -0.2) is 6.04 Å². The first-order chi connectivity index (χ1) is 7.68. The third kappa shape index (κ3) is 2.85. The molecule has 0 amide bonds. The van der Waals surface area contributed by atoms with Crippen LogP contribution >= 0.6 is 0 Å². The first-order valence-electron chi connectivity index (χ1n) is 6.49. The molecule has 16 heavy (non-hydrogen) atoms. The molecule has 1 aliphatic rings. The van der Waals surface area contributed by atoms with Gasteiger partial charge in [-0.05, 0) is 37.2 Å². The van der Waals surface area contributed by atoms with Gasteiger partial charge in [-0.25, -0.2) is 0 Å². The van der Waals surface area contributed by atoms with Crippen molar-refractivity contribution in [2.45, 2.75) is 45.7 Å². The molecule has 1 heteroatoms. The Kier molecular flexibility index (Phi) is 3.65. The van der Waals surface area contributed by atoms with Gasteiger partial charge in [-0.1, -0.05) is 44.2 Å². The second kappa shape index (κ2) is 5.01. The van der Waals surface area contributed by atoms with Gasteiger partial charge in [0.2, 0.25) is 0 Å². The number of hydrogen-bond acceptors (Lipinski definition) is 1. The highest BCUT2D eigenvalue weighted by Gasteiger charge is 2.30. The van der Waals surface area contributed by atoms with Crippen molar-refractivity contribution in [2.24, 2.45) is 11.8 Å². The second-order valence-electron chi connectivity index (χ2n) is 5.43. The van der Waals surface area contributed by atoms with Crippen LogP contribution < -0.4 is 5.32 Å². The van der Waals surface area contributed by atoms with Crippen LogP contribution in [0, 0.1) is 11.8 Å². The first-order valence-corrected chi connectivity index (χ1v) is 6.49. The predicted molar refractivity (Wildman–Crippen MR) is 69.3 cm³/mol. The van der Waals surface area contributed by atoms with Gasteiger partial charge in [0.05, 0.1) is 0 Å². The van der Waals surface area contributed by atoms with Crippen LogP contribution in [0.2, 0.25) is 0 Å². The van der Waals surface area contributed by atoms with Gasteiger partial charge >= 0.3 is 0 Å². The quantitative estimate of drug-likeness (QED) is 0.791. The zero-order chi connectivity index (χ0) is 11.5. The van der Waals surface area contributed by atoms with Gasteiger partial charge in [-0.3, -0.25) is 0 Å². The number of benzene rings is 1. The fourth-order valence-corrected chi connectivity index (χ4v) is 2.35. The van der Waals surface area contributed by atoms with Crippen molar-refractivity contribution in [1.29, 1.82) is 0 Å². The SMILES string of the molecule is CC(C)C(NC(C)C1CC1)c1ccccc1. The minimum Gasteiger partial charge on any atom is -0.307 e. The maximum absolute atomic E-state index is 3.79. The molecule has 0 aromatic heterocycles. The molecule has 0 radical (unpaired) electrons. The first kappa shape index (κ1) is 11.7. The topological polar surface area (TPSA) is 12.0 Å². The third-order valence-electron chi connectivity index (χ3n) is 3.60. The average molecular weight is 217 g/mol. The Morgan fingerprint density at radius 3 is 2.19 bits per heavy atom. The molecule has 2 rings (SSSR count). The molecule has 0 aliphatic heterocycles. The summed E-state index contributed by atoms with van der Waals surface area (Å²) in [7, 11) is 0. The van der Waals surface area contributed by atoms with E-state index in [-0.39, 0.29) is 0 Å². The molecular formula is C15H23N. The Morgan fingerprint density at radius 2 is 1.69 bits per heavy atom. The Balaban J connectivity index is 2.05. The lowest BCUT2D eigenvalue weighted by atomic mass is 9.95. The molecule has 1 aliphatic carbocycles. The molecule has 1 saturated carbocycles. The van der Waals surface area contributed by atoms with Crippen molar-refractivity contribution >= 4 is 0 Å². The minimum atomic E-state index is 0.497. The average Bonchev–Trinajstić information content (AvgIpc) is 3.10. The highest BCUT2D eigenvalue weighted by atomic mass is 15.0. The Morgan fingerprint density at radius 1 is 1.06 bits per heavy atom. The van der Waals surface area contributed by atoms with Crippen molar-refractivity contribution in [3.8, 4) is 0 Å². The van der Waals surface area contributed by atoms with Gasteiger partial charge in [-0.2, -0.15) is 0 Å². The molecule has 0 saturated heterocycles. The molecule has 1 nitrogen and oxygen atoms in total. The van der Waals surface area contributed by atoms with Gasteiger partial charge in [-0.15, -0.1) is 0 Å². The summed E-state index contributed by atoms with van der Waals surface area (Å²) in [6.07, 6.45) is 2.82. The minimum absolute atomic E-state index is 0.497. The van der Waals surface area contributed by atoms with E-state index in [1.807, 2.05) is 0 Å². The van der Waals surface area contributed by atoms with Crippen LogP contribution in [0.1, 0.15) is 45.2 Å². The van der Waals surface area contributed by atoms with Gasteiger partial charge in [0.1, 0.15) is 0 Å². The van der Waals surface area contributed by atoms with Gasteiger partial charge in [0, 0.05) is 12.1 Å². The predicted octanol–water partition coefficient (Wildman–Crippen LogP) is 3.77. The summed E-state index contributed by atoms with van der Waals surface area (Å²) in [6.45, 7) is 6.92. The smallest absolute Gasteiger partial charge is 0.0345 e. The Labute approximate surface area is 99.3 Å². The van der Waals surface area contributed by atoms with Crippen molar-refractivity contribution < 1.29 is 0 Å². The van der Waals surface area contributed by atoms with Gasteiger partial charge in [0.25, 0.3) is 0 Å². The zero-order valence-electron chi connectivity index (χ0n) is 10.6. The lowest BCUT2D eigenvalue weighted by Crippen LogP contribution is -2.34.